The third-order valence-electron chi connectivity index (χ3n) is 8.61. The quantitative estimate of drug-likeness (QED) is 0.142. The second-order valence-electron chi connectivity index (χ2n) is 12.1. The molecule has 258 valence electrons. The molecule has 2 amide bonds. The summed E-state index contributed by atoms with van der Waals surface area (Å²) in [4.78, 5) is 30.5. The molecule has 8 nitrogen and oxygen atoms in total. The Morgan fingerprint density at radius 3 is 2.16 bits per heavy atom. The Bertz CT molecular complexity index is 1780. The van der Waals surface area contributed by atoms with Gasteiger partial charge in [-0.3, -0.25) is 13.9 Å². The molecule has 0 aliphatic heterocycles. The van der Waals surface area contributed by atoms with Gasteiger partial charge < -0.3 is 15.0 Å². The van der Waals surface area contributed by atoms with Gasteiger partial charge in [-0.1, -0.05) is 89.3 Å². The molecule has 1 N–H and O–H groups in total. The highest BCUT2D eigenvalue weighted by atomic mass is 79.9. The highest BCUT2D eigenvalue weighted by Crippen LogP contribution is 2.28. The van der Waals surface area contributed by atoms with Gasteiger partial charge in [0.15, 0.2) is 0 Å². The van der Waals surface area contributed by atoms with Crippen molar-refractivity contribution in [1.82, 2.24) is 10.2 Å². The predicted octanol–water partition coefficient (Wildman–Crippen LogP) is 7.79. The molecule has 1 atom stereocenters. The molecule has 1 saturated carbocycles. The number of carbonyl (C=O) groups excluding carboxylic acids is 2. The van der Waals surface area contributed by atoms with Crippen molar-refractivity contribution in [2.45, 2.75) is 69.0 Å². The van der Waals surface area contributed by atoms with Crippen LogP contribution in [0.4, 0.5) is 5.69 Å². The first-order valence-corrected chi connectivity index (χ1v) is 19.1. The van der Waals surface area contributed by atoms with Crippen LogP contribution < -0.4 is 14.4 Å². The van der Waals surface area contributed by atoms with Gasteiger partial charge in [0.25, 0.3) is 10.0 Å². The average Bonchev–Trinajstić information content (AvgIpc) is 3.11. The van der Waals surface area contributed by atoms with Crippen LogP contribution >= 0.6 is 27.5 Å². The minimum atomic E-state index is -4.22. The summed E-state index contributed by atoms with van der Waals surface area (Å²) in [7, 11) is -4.22. The van der Waals surface area contributed by atoms with Crippen LogP contribution in [0, 0.1) is 0 Å². The van der Waals surface area contributed by atoms with E-state index < -0.39 is 28.5 Å². The molecule has 5 rings (SSSR count). The third-order valence-corrected chi connectivity index (χ3v) is 11.2. The monoisotopic (exact) mass is 765 g/mol. The first-order chi connectivity index (χ1) is 23.6. The van der Waals surface area contributed by atoms with Gasteiger partial charge >= 0.3 is 0 Å². The van der Waals surface area contributed by atoms with Crippen LogP contribution in [0.15, 0.2) is 112 Å². The number of benzene rings is 4. The molecular formula is C38H41BrClN3O5S. The maximum atomic E-state index is 14.7. The Morgan fingerprint density at radius 2 is 1.53 bits per heavy atom. The van der Waals surface area contributed by atoms with Gasteiger partial charge in [0.05, 0.1) is 17.2 Å². The van der Waals surface area contributed by atoms with E-state index in [1.54, 1.807) is 48.5 Å². The van der Waals surface area contributed by atoms with Crippen molar-refractivity contribution in [3.8, 4) is 5.75 Å². The zero-order valence-electron chi connectivity index (χ0n) is 27.4. The molecule has 0 bridgehead atoms. The fourth-order valence-electron chi connectivity index (χ4n) is 6.02. The molecule has 11 heteroatoms. The number of anilines is 1. The maximum absolute atomic E-state index is 14.7. The Kier molecular flexibility index (Phi) is 12.8. The van der Waals surface area contributed by atoms with Crippen LogP contribution in [0.5, 0.6) is 5.75 Å². The molecular weight excluding hydrogens is 726 g/mol. The van der Waals surface area contributed by atoms with Gasteiger partial charge in [-0.05, 0) is 91.6 Å². The predicted molar refractivity (Wildman–Crippen MR) is 197 cm³/mol. The van der Waals surface area contributed by atoms with Crippen molar-refractivity contribution in [1.29, 1.82) is 0 Å². The van der Waals surface area contributed by atoms with E-state index in [0.717, 1.165) is 52.0 Å². The van der Waals surface area contributed by atoms with E-state index >= 15 is 0 Å². The highest BCUT2D eigenvalue weighted by Gasteiger charge is 2.35. The first-order valence-electron chi connectivity index (χ1n) is 16.5. The largest absolute Gasteiger partial charge is 0.494 e. The number of nitrogens with zero attached hydrogens (tertiary/aromatic N) is 2. The number of ether oxygens (including phenoxy) is 1. The minimum absolute atomic E-state index is 0.0187. The smallest absolute Gasteiger partial charge is 0.264 e. The van der Waals surface area contributed by atoms with Crippen molar-refractivity contribution < 1.29 is 22.7 Å². The number of nitrogens with one attached hydrogen (secondary N) is 1. The summed E-state index contributed by atoms with van der Waals surface area (Å²) in [5.41, 5.74) is 1.92. The van der Waals surface area contributed by atoms with Gasteiger partial charge in [-0.25, -0.2) is 8.42 Å². The number of carbonyl (C=O) groups is 2. The van der Waals surface area contributed by atoms with Crippen molar-refractivity contribution >= 4 is 55.1 Å². The Balaban J connectivity index is 1.56. The molecule has 4 aromatic rings. The summed E-state index contributed by atoms with van der Waals surface area (Å²) in [6.07, 6.45) is 5.22. The maximum Gasteiger partial charge on any atom is 0.264 e. The zero-order chi connectivity index (χ0) is 34.8. The Hall–Kier alpha value is -3.86. The van der Waals surface area contributed by atoms with E-state index in [0.29, 0.717) is 17.4 Å². The molecule has 1 aliphatic carbocycles. The number of rotatable bonds is 14. The number of halogens is 2. The fourth-order valence-corrected chi connectivity index (χ4v) is 7.83. The molecule has 0 saturated heterocycles. The van der Waals surface area contributed by atoms with Crippen LogP contribution in [0.1, 0.15) is 50.2 Å². The van der Waals surface area contributed by atoms with Crippen LogP contribution in [0.2, 0.25) is 5.02 Å². The van der Waals surface area contributed by atoms with E-state index in [1.165, 1.54) is 17.0 Å². The lowest BCUT2D eigenvalue weighted by molar-refractivity contribution is -0.140. The molecule has 1 fully saturated rings. The molecule has 49 heavy (non-hydrogen) atoms. The summed E-state index contributed by atoms with van der Waals surface area (Å²) < 4.78 is 36.0. The number of amides is 2. The van der Waals surface area contributed by atoms with Crippen molar-refractivity contribution in [2.75, 3.05) is 17.5 Å². The molecule has 4 aromatic carbocycles. The SMILES string of the molecule is CCOc1ccc(N(CC(=O)N(Cc2ccc(Cl)cc2)C(Cc2ccccc2)C(=O)NC2CCCCC2)S(=O)(=O)c2ccc(Br)cc2)cc1. The van der Waals surface area contributed by atoms with Gasteiger partial charge in [0.2, 0.25) is 11.8 Å². The van der Waals surface area contributed by atoms with Gasteiger partial charge in [0.1, 0.15) is 18.3 Å². The van der Waals surface area contributed by atoms with Crippen molar-refractivity contribution in [3.63, 3.8) is 0 Å². The summed E-state index contributed by atoms with van der Waals surface area (Å²) in [5.74, 6) is -0.212. The lowest BCUT2D eigenvalue weighted by Crippen LogP contribution is -2.55. The molecule has 1 unspecified atom stereocenters. The van der Waals surface area contributed by atoms with Crippen molar-refractivity contribution in [2.24, 2.45) is 0 Å². The second-order valence-corrected chi connectivity index (χ2v) is 15.3. The minimum Gasteiger partial charge on any atom is -0.494 e. The van der Waals surface area contributed by atoms with E-state index in [-0.39, 0.29) is 35.5 Å². The lowest BCUT2D eigenvalue weighted by atomic mass is 9.94. The van der Waals surface area contributed by atoms with E-state index in [9.17, 15) is 18.0 Å². The number of hydrogen-bond acceptors (Lipinski definition) is 5. The van der Waals surface area contributed by atoms with E-state index in [1.807, 2.05) is 49.4 Å². The molecule has 0 radical (unpaired) electrons. The second kappa shape index (κ2) is 17.2. The number of sulfonamides is 1. The molecule has 1 aliphatic rings. The normalized spacial score (nSPS) is 14.1. The average molecular weight is 767 g/mol. The topological polar surface area (TPSA) is 96.0 Å². The lowest BCUT2D eigenvalue weighted by Gasteiger charge is -2.35. The molecule has 0 spiro atoms. The zero-order valence-corrected chi connectivity index (χ0v) is 30.6. The van der Waals surface area contributed by atoms with Crippen LogP contribution in [-0.2, 0) is 32.6 Å². The standard InChI is InChI=1S/C38H41BrClN3O5S/c1-2-48-34-21-19-33(20-22-34)43(49(46,47)35-23-15-30(39)16-24-35)27-37(44)42(26-29-13-17-31(40)18-14-29)36(25-28-9-5-3-6-10-28)38(45)41-32-11-7-4-8-12-32/h3,5-6,9-10,13-24,32,36H,2,4,7-8,11-12,25-27H2,1H3,(H,41,45). The Labute approximate surface area is 302 Å². The summed E-state index contributed by atoms with van der Waals surface area (Å²) in [6.45, 7) is 1.84. The fraction of sp³-hybridized carbons (Fsp3) is 0.316. The van der Waals surface area contributed by atoms with E-state index in [2.05, 4.69) is 21.2 Å². The molecule has 0 heterocycles. The number of hydrogen-bond donors (Lipinski definition) is 1. The first kappa shape index (κ1) is 36.4. The molecule has 0 aromatic heterocycles. The van der Waals surface area contributed by atoms with Gasteiger partial charge in [0, 0.05) is 28.5 Å². The van der Waals surface area contributed by atoms with Crippen LogP contribution in [-0.4, -0.2) is 50.4 Å². The third kappa shape index (κ3) is 9.86. The summed E-state index contributed by atoms with van der Waals surface area (Å²) in [5, 5.41) is 3.77. The van der Waals surface area contributed by atoms with Gasteiger partial charge in [-0.2, -0.15) is 0 Å². The summed E-state index contributed by atoms with van der Waals surface area (Å²) >= 11 is 9.57. The van der Waals surface area contributed by atoms with Crippen LogP contribution in [0.25, 0.3) is 0 Å². The van der Waals surface area contributed by atoms with Gasteiger partial charge in [-0.15, -0.1) is 0 Å². The Morgan fingerprint density at radius 1 is 0.878 bits per heavy atom. The van der Waals surface area contributed by atoms with E-state index in [4.69, 9.17) is 16.3 Å². The van der Waals surface area contributed by atoms with Crippen molar-refractivity contribution in [3.05, 3.63) is 124 Å². The van der Waals surface area contributed by atoms with Crippen LogP contribution in [0.3, 0.4) is 0 Å². The summed E-state index contributed by atoms with van der Waals surface area (Å²) in [6, 6.07) is 28.6. The highest BCUT2D eigenvalue weighted by molar-refractivity contribution is 9.10.